The van der Waals surface area contributed by atoms with Gasteiger partial charge in [0.15, 0.2) is 0 Å². The molecule has 3 aromatic rings. The normalized spacial score (nSPS) is 10.8. The van der Waals surface area contributed by atoms with Crippen molar-refractivity contribution in [1.29, 1.82) is 0 Å². The molecule has 0 unspecified atom stereocenters. The number of aliphatic hydroxyl groups excluding tert-OH is 1. The highest BCUT2D eigenvalue weighted by Crippen LogP contribution is 2.32. The van der Waals surface area contributed by atoms with Crippen LogP contribution in [0.15, 0.2) is 42.5 Å². The second-order valence-corrected chi connectivity index (χ2v) is 6.25. The number of hydrogen-bond acceptors (Lipinski definition) is 5. The second kappa shape index (κ2) is 6.44. The van der Waals surface area contributed by atoms with Crippen molar-refractivity contribution in [2.45, 2.75) is 0 Å². The van der Waals surface area contributed by atoms with E-state index in [9.17, 15) is 4.79 Å². The molecular weight excluding hydrogens is 322 g/mol. The molecule has 0 saturated carbocycles. The quantitative estimate of drug-likeness (QED) is 0.738. The standard InChI is InChI=1S/C16H12ClNO3S/c17-15-6-5-14(22-15)13-9-11(16(20)21-8-7-19)10-3-1-2-4-12(10)18-13/h1-6,9,19H,7-8H2. The summed E-state index contributed by atoms with van der Waals surface area (Å²) in [5, 5.41) is 9.53. The van der Waals surface area contributed by atoms with Crippen molar-refractivity contribution in [3.8, 4) is 10.6 Å². The van der Waals surface area contributed by atoms with Gasteiger partial charge < -0.3 is 9.84 Å². The van der Waals surface area contributed by atoms with Crippen LogP contribution >= 0.6 is 22.9 Å². The minimum Gasteiger partial charge on any atom is -0.460 e. The van der Waals surface area contributed by atoms with Crippen molar-refractivity contribution in [3.05, 3.63) is 52.4 Å². The minimum absolute atomic E-state index is 0.0321. The Morgan fingerprint density at radius 3 is 2.82 bits per heavy atom. The summed E-state index contributed by atoms with van der Waals surface area (Å²) < 4.78 is 5.70. The molecule has 0 radical (unpaired) electrons. The number of fused-ring (bicyclic) bond motifs is 1. The Morgan fingerprint density at radius 1 is 1.27 bits per heavy atom. The third-order valence-corrected chi connectivity index (χ3v) is 4.34. The van der Waals surface area contributed by atoms with Gasteiger partial charge in [0.25, 0.3) is 0 Å². The van der Waals surface area contributed by atoms with E-state index in [0.29, 0.717) is 21.1 Å². The van der Waals surface area contributed by atoms with Gasteiger partial charge >= 0.3 is 5.97 Å². The summed E-state index contributed by atoms with van der Waals surface area (Å²) >= 11 is 7.37. The van der Waals surface area contributed by atoms with Crippen LogP contribution in [0.5, 0.6) is 0 Å². The topological polar surface area (TPSA) is 59.4 Å². The zero-order chi connectivity index (χ0) is 15.5. The number of rotatable bonds is 4. The first-order chi connectivity index (χ1) is 10.7. The smallest absolute Gasteiger partial charge is 0.338 e. The molecule has 2 aromatic heterocycles. The minimum atomic E-state index is -0.475. The molecule has 0 amide bonds. The predicted octanol–water partition coefficient (Wildman–Crippen LogP) is 3.77. The molecule has 0 aliphatic rings. The number of aromatic nitrogens is 1. The number of nitrogens with zero attached hydrogens (tertiary/aromatic N) is 1. The highest BCUT2D eigenvalue weighted by molar-refractivity contribution is 7.19. The lowest BCUT2D eigenvalue weighted by Gasteiger charge is -2.08. The number of esters is 1. The highest BCUT2D eigenvalue weighted by Gasteiger charge is 2.15. The number of carbonyl (C=O) groups excluding carboxylic acids is 1. The Hall–Kier alpha value is -1.95. The van der Waals surface area contributed by atoms with Crippen molar-refractivity contribution in [2.24, 2.45) is 0 Å². The number of benzene rings is 1. The maximum atomic E-state index is 12.2. The second-order valence-electron chi connectivity index (χ2n) is 4.54. The van der Waals surface area contributed by atoms with Crippen LogP contribution in [-0.2, 0) is 4.74 Å². The van der Waals surface area contributed by atoms with Crippen LogP contribution in [0.3, 0.4) is 0 Å². The van der Waals surface area contributed by atoms with Crippen LogP contribution in [0.4, 0.5) is 0 Å². The van der Waals surface area contributed by atoms with E-state index in [4.69, 9.17) is 21.4 Å². The Morgan fingerprint density at radius 2 is 2.09 bits per heavy atom. The summed E-state index contributed by atoms with van der Waals surface area (Å²) in [7, 11) is 0. The number of thiophene rings is 1. The molecular formula is C16H12ClNO3S. The van der Waals surface area contributed by atoms with E-state index in [1.54, 1.807) is 12.1 Å². The first-order valence-electron chi connectivity index (χ1n) is 6.62. The van der Waals surface area contributed by atoms with E-state index in [-0.39, 0.29) is 13.2 Å². The number of halogens is 1. The Bertz CT molecular complexity index is 831. The van der Waals surface area contributed by atoms with Gasteiger partial charge in [-0.1, -0.05) is 29.8 Å². The van der Waals surface area contributed by atoms with E-state index in [0.717, 1.165) is 10.3 Å². The first-order valence-corrected chi connectivity index (χ1v) is 7.82. The molecule has 3 rings (SSSR count). The van der Waals surface area contributed by atoms with E-state index in [1.807, 2.05) is 30.3 Å². The van der Waals surface area contributed by atoms with Crippen LogP contribution in [-0.4, -0.2) is 29.3 Å². The molecule has 0 spiro atoms. The van der Waals surface area contributed by atoms with Crippen LogP contribution in [0.2, 0.25) is 4.34 Å². The predicted molar refractivity (Wildman–Crippen MR) is 87.4 cm³/mol. The van der Waals surface area contributed by atoms with Crippen LogP contribution in [0.1, 0.15) is 10.4 Å². The zero-order valence-corrected chi connectivity index (χ0v) is 13.0. The number of hydrogen-bond donors (Lipinski definition) is 1. The molecule has 112 valence electrons. The lowest BCUT2D eigenvalue weighted by Crippen LogP contribution is -2.10. The lowest BCUT2D eigenvalue weighted by atomic mass is 10.1. The Kier molecular flexibility index (Phi) is 4.38. The molecule has 0 aliphatic carbocycles. The molecule has 0 saturated heterocycles. The average Bonchev–Trinajstić information content (AvgIpc) is 2.98. The van der Waals surface area contributed by atoms with Crippen molar-refractivity contribution >= 4 is 39.8 Å². The summed E-state index contributed by atoms with van der Waals surface area (Å²) in [5.41, 5.74) is 1.81. The fraction of sp³-hybridized carbons (Fsp3) is 0.125. The summed E-state index contributed by atoms with van der Waals surface area (Å²) in [6.07, 6.45) is 0. The Balaban J connectivity index is 2.14. The van der Waals surface area contributed by atoms with Crippen LogP contribution in [0, 0.1) is 0 Å². The molecule has 6 heteroatoms. The largest absolute Gasteiger partial charge is 0.460 e. The van der Waals surface area contributed by atoms with E-state index in [2.05, 4.69) is 4.98 Å². The maximum Gasteiger partial charge on any atom is 0.338 e. The number of carbonyl (C=O) groups is 1. The van der Waals surface area contributed by atoms with Crippen LogP contribution < -0.4 is 0 Å². The lowest BCUT2D eigenvalue weighted by molar-refractivity contribution is 0.0436. The maximum absolute atomic E-state index is 12.2. The summed E-state index contributed by atoms with van der Waals surface area (Å²) in [4.78, 5) is 17.7. The van der Waals surface area contributed by atoms with E-state index in [1.165, 1.54) is 11.3 Å². The van der Waals surface area contributed by atoms with Gasteiger partial charge in [-0.05, 0) is 24.3 Å². The fourth-order valence-corrected chi connectivity index (χ4v) is 3.14. The molecule has 0 fully saturated rings. The van der Waals surface area contributed by atoms with Crippen molar-refractivity contribution in [1.82, 2.24) is 4.98 Å². The number of pyridine rings is 1. The monoisotopic (exact) mass is 333 g/mol. The molecule has 0 bridgehead atoms. The van der Waals surface area contributed by atoms with E-state index < -0.39 is 5.97 Å². The number of para-hydroxylation sites is 1. The molecule has 22 heavy (non-hydrogen) atoms. The first kappa shape index (κ1) is 15.0. The number of aliphatic hydroxyl groups is 1. The molecule has 2 heterocycles. The van der Waals surface area contributed by atoms with Gasteiger partial charge in [-0.3, -0.25) is 0 Å². The third-order valence-electron chi connectivity index (χ3n) is 3.09. The van der Waals surface area contributed by atoms with Gasteiger partial charge in [0, 0.05) is 5.39 Å². The highest BCUT2D eigenvalue weighted by atomic mass is 35.5. The number of ether oxygens (including phenoxy) is 1. The molecule has 0 atom stereocenters. The van der Waals surface area contributed by atoms with Crippen LogP contribution in [0.25, 0.3) is 21.5 Å². The van der Waals surface area contributed by atoms with Gasteiger partial charge in [-0.15, -0.1) is 11.3 Å². The average molecular weight is 334 g/mol. The van der Waals surface area contributed by atoms with Gasteiger partial charge in [-0.25, -0.2) is 9.78 Å². The molecule has 4 nitrogen and oxygen atoms in total. The van der Waals surface area contributed by atoms with Gasteiger partial charge in [0.05, 0.1) is 32.6 Å². The zero-order valence-electron chi connectivity index (χ0n) is 11.5. The fourth-order valence-electron chi connectivity index (χ4n) is 2.14. The summed E-state index contributed by atoms with van der Waals surface area (Å²) in [6, 6.07) is 12.7. The molecule has 0 aliphatic heterocycles. The SMILES string of the molecule is O=C(OCCO)c1cc(-c2ccc(Cl)s2)nc2ccccc12. The van der Waals surface area contributed by atoms with Gasteiger partial charge in [-0.2, -0.15) is 0 Å². The molecule has 1 N–H and O–H groups in total. The molecule has 1 aromatic carbocycles. The van der Waals surface area contributed by atoms with Crippen molar-refractivity contribution in [2.75, 3.05) is 13.2 Å². The van der Waals surface area contributed by atoms with Gasteiger partial charge in [0.2, 0.25) is 0 Å². The van der Waals surface area contributed by atoms with Gasteiger partial charge in [0.1, 0.15) is 6.61 Å². The van der Waals surface area contributed by atoms with Crippen molar-refractivity contribution < 1.29 is 14.6 Å². The summed E-state index contributed by atoms with van der Waals surface area (Å²) in [5.74, 6) is -0.475. The third kappa shape index (κ3) is 2.97. The van der Waals surface area contributed by atoms with E-state index >= 15 is 0 Å². The summed E-state index contributed by atoms with van der Waals surface area (Å²) in [6.45, 7) is -0.238. The Labute approximate surface area is 135 Å². The van der Waals surface area contributed by atoms with Crippen molar-refractivity contribution in [3.63, 3.8) is 0 Å².